The van der Waals surface area contributed by atoms with Crippen molar-refractivity contribution in [3.8, 4) is 0 Å². The van der Waals surface area contributed by atoms with E-state index in [2.05, 4.69) is 15.8 Å². The zero-order valence-corrected chi connectivity index (χ0v) is 12.9. The van der Waals surface area contributed by atoms with Crippen LogP contribution < -0.4 is 10.7 Å². The number of anilines is 1. The topological polar surface area (TPSA) is 70.6 Å². The summed E-state index contributed by atoms with van der Waals surface area (Å²) in [6.45, 7) is 1.55. The van der Waals surface area contributed by atoms with Gasteiger partial charge in [-0.15, -0.1) is 11.3 Å². The molecule has 2 rings (SSSR count). The summed E-state index contributed by atoms with van der Waals surface area (Å²) in [5.41, 5.74) is 2.55. The average Bonchev–Trinajstić information content (AvgIpc) is 3.02. The summed E-state index contributed by atoms with van der Waals surface area (Å²) < 4.78 is 26.2. The first kappa shape index (κ1) is 16.8. The molecule has 0 spiro atoms. The maximum absolute atomic E-state index is 13.4. The molecular weight excluding hydrogens is 324 g/mol. The molecule has 0 bridgehead atoms. The first-order valence-corrected chi connectivity index (χ1v) is 7.45. The Morgan fingerprint density at radius 3 is 2.70 bits per heavy atom. The lowest BCUT2D eigenvalue weighted by molar-refractivity contribution is -0.115. The molecule has 0 aliphatic heterocycles. The summed E-state index contributed by atoms with van der Waals surface area (Å²) >= 11 is 1.27. The van der Waals surface area contributed by atoms with Crippen molar-refractivity contribution in [1.82, 2.24) is 5.43 Å². The van der Waals surface area contributed by atoms with Gasteiger partial charge in [-0.2, -0.15) is 5.10 Å². The van der Waals surface area contributed by atoms with E-state index in [1.807, 2.05) is 0 Å². The van der Waals surface area contributed by atoms with Crippen LogP contribution in [0.2, 0.25) is 0 Å². The van der Waals surface area contributed by atoms with Crippen molar-refractivity contribution in [1.29, 1.82) is 0 Å². The molecule has 0 aliphatic carbocycles. The molecule has 0 unspecified atom stereocenters. The number of rotatable bonds is 5. The Hall–Kier alpha value is -2.61. The van der Waals surface area contributed by atoms with E-state index in [9.17, 15) is 18.4 Å². The van der Waals surface area contributed by atoms with Crippen LogP contribution >= 0.6 is 11.3 Å². The average molecular weight is 337 g/mol. The fourth-order valence-electron chi connectivity index (χ4n) is 1.67. The first-order valence-electron chi connectivity index (χ1n) is 6.57. The zero-order valence-electron chi connectivity index (χ0n) is 12.1. The van der Waals surface area contributed by atoms with E-state index >= 15 is 0 Å². The molecule has 1 aromatic heterocycles. The van der Waals surface area contributed by atoms with Gasteiger partial charge in [0.25, 0.3) is 5.91 Å². The van der Waals surface area contributed by atoms with Crippen LogP contribution in [0.1, 0.15) is 23.0 Å². The lowest BCUT2D eigenvalue weighted by Gasteiger charge is -2.06. The van der Waals surface area contributed by atoms with Crippen LogP contribution in [0, 0.1) is 11.6 Å². The lowest BCUT2D eigenvalue weighted by Crippen LogP contribution is -2.21. The van der Waals surface area contributed by atoms with Gasteiger partial charge in [0, 0.05) is 11.8 Å². The van der Waals surface area contributed by atoms with Gasteiger partial charge in [0.05, 0.1) is 17.0 Å². The molecular formula is C15H13F2N3O2S. The number of nitrogens with one attached hydrogen (secondary N) is 2. The third-order valence-corrected chi connectivity index (χ3v) is 3.58. The number of thiophene rings is 1. The number of hydrogen-bond donors (Lipinski definition) is 2. The number of benzene rings is 1. The third-order valence-electron chi connectivity index (χ3n) is 2.71. The molecule has 120 valence electrons. The van der Waals surface area contributed by atoms with Crippen molar-refractivity contribution < 1.29 is 18.4 Å². The van der Waals surface area contributed by atoms with Gasteiger partial charge in [-0.25, -0.2) is 14.2 Å². The van der Waals surface area contributed by atoms with Gasteiger partial charge < -0.3 is 5.32 Å². The van der Waals surface area contributed by atoms with Crippen LogP contribution in [0.25, 0.3) is 0 Å². The van der Waals surface area contributed by atoms with Crippen LogP contribution in [-0.2, 0) is 4.79 Å². The molecule has 2 aromatic rings. The van der Waals surface area contributed by atoms with Crippen molar-refractivity contribution in [2.45, 2.75) is 13.3 Å². The van der Waals surface area contributed by atoms with Crippen molar-refractivity contribution >= 4 is 34.6 Å². The van der Waals surface area contributed by atoms with Crippen molar-refractivity contribution in [2.24, 2.45) is 5.10 Å². The monoisotopic (exact) mass is 337 g/mol. The minimum absolute atomic E-state index is 0.119. The molecule has 0 aliphatic rings. The highest BCUT2D eigenvalue weighted by Gasteiger charge is 2.10. The molecule has 2 N–H and O–H groups in total. The Labute approximate surface area is 135 Å². The quantitative estimate of drug-likeness (QED) is 0.650. The minimum Gasteiger partial charge on any atom is -0.323 e. The molecule has 0 radical (unpaired) electrons. The summed E-state index contributed by atoms with van der Waals surface area (Å²) in [5, 5.41) is 7.88. The highest BCUT2D eigenvalue weighted by atomic mass is 32.1. The van der Waals surface area contributed by atoms with Crippen LogP contribution in [0.5, 0.6) is 0 Å². The van der Waals surface area contributed by atoms with Crippen molar-refractivity contribution in [2.75, 3.05) is 5.32 Å². The van der Waals surface area contributed by atoms with E-state index < -0.39 is 17.5 Å². The SMILES string of the molecule is CC(CC(=O)Nc1ccc(F)cc1F)=NNC(=O)c1cccs1. The Balaban J connectivity index is 1.89. The maximum Gasteiger partial charge on any atom is 0.281 e. The highest BCUT2D eigenvalue weighted by Crippen LogP contribution is 2.15. The van der Waals surface area contributed by atoms with Crippen LogP contribution in [0.3, 0.4) is 0 Å². The Morgan fingerprint density at radius 1 is 1.26 bits per heavy atom. The molecule has 2 amide bonds. The second kappa shape index (κ2) is 7.59. The summed E-state index contributed by atoms with van der Waals surface area (Å²) in [6.07, 6.45) is -0.137. The summed E-state index contributed by atoms with van der Waals surface area (Å²) in [6, 6.07) is 6.24. The fourth-order valence-corrected chi connectivity index (χ4v) is 2.28. The van der Waals surface area contributed by atoms with E-state index in [1.54, 1.807) is 24.4 Å². The van der Waals surface area contributed by atoms with Gasteiger partial charge in [0.2, 0.25) is 5.91 Å². The fraction of sp³-hybridized carbons (Fsp3) is 0.133. The molecule has 23 heavy (non-hydrogen) atoms. The number of carbonyl (C=O) groups is 2. The van der Waals surface area contributed by atoms with Gasteiger partial charge in [-0.1, -0.05) is 6.07 Å². The number of hydrazone groups is 1. The number of hydrogen-bond acceptors (Lipinski definition) is 4. The molecule has 5 nitrogen and oxygen atoms in total. The van der Waals surface area contributed by atoms with Crippen LogP contribution in [0.4, 0.5) is 14.5 Å². The number of nitrogens with zero attached hydrogens (tertiary/aromatic N) is 1. The molecule has 0 saturated carbocycles. The third kappa shape index (κ3) is 4.96. The zero-order chi connectivity index (χ0) is 16.8. The normalized spacial score (nSPS) is 11.2. The predicted octanol–water partition coefficient (Wildman–Crippen LogP) is 3.16. The largest absolute Gasteiger partial charge is 0.323 e. The number of halogens is 2. The van der Waals surface area contributed by atoms with E-state index in [-0.39, 0.29) is 18.0 Å². The minimum atomic E-state index is -0.862. The number of carbonyl (C=O) groups excluding carboxylic acids is 2. The molecule has 8 heteroatoms. The smallest absolute Gasteiger partial charge is 0.281 e. The number of amides is 2. The van der Waals surface area contributed by atoms with E-state index in [0.29, 0.717) is 16.7 Å². The van der Waals surface area contributed by atoms with Crippen molar-refractivity contribution in [3.63, 3.8) is 0 Å². The van der Waals surface area contributed by atoms with E-state index in [1.165, 1.54) is 11.3 Å². The van der Waals surface area contributed by atoms with E-state index in [4.69, 9.17) is 0 Å². The second-order valence-electron chi connectivity index (χ2n) is 4.61. The molecule has 0 saturated heterocycles. The van der Waals surface area contributed by atoms with Gasteiger partial charge in [-0.05, 0) is 30.5 Å². The highest BCUT2D eigenvalue weighted by molar-refractivity contribution is 7.12. The predicted molar refractivity (Wildman–Crippen MR) is 84.5 cm³/mol. The standard InChI is InChI=1S/C15H13F2N3O2S/c1-9(19-20-15(22)13-3-2-6-23-13)7-14(21)18-12-5-4-10(16)8-11(12)17/h2-6,8H,7H2,1H3,(H,18,21)(H,20,22). The first-order chi connectivity index (χ1) is 11.0. The Bertz CT molecular complexity index is 745. The summed E-state index contributed by atoms with van der Waals surface area (Å²) in [7, 11) is 0. The van der Waals surface area contributed by atoms with E-state index in [0.717, 1.165) is 12.1 Å². The van der Waals surface area contributed by atoms with Gasteiger partial charge in [-0.3, -0.25) is 9.59 Å². The molecule has 1 heterocycles. The molecule has 1 aromatic carbocycles. The van der Waals surface area contributed by atoms with Gasteiger partial charge in [0.1, 0.15) is 11.6 Å². The van der Waals surface area contributed by atoms with Gasteiger partial charge in [0.15, 0.2) is 0 Å². The second-order valence-corrected chi connectivity index (χ2v) is 5.56. The van der Waals surface area contributed by atoms with Crippen LogP contribution in [0.15, 0.2) is 40.8 Å². The summed E-state index contributed by atoms with van der Waals surface area (Å²) in [4.78, 5) is 23.9. The summed E-state index contributed by atoms with van der Waals surface area (Å²) in [5.74, 6) is -2.49. The van der Waals surface area contributed by atoms with Crippen molar-refractivity contribution in [3.05, 3.63) is 52.2 Å². The Morgan fingerprint density at radius 2 is 2.04 bits per heavy atom. The Kier molecular flexibility index (Phi) is 5.53. The maximum atomic E-state index is 13.4. The molecule has 0 atom stereocenters. The van der Waals surface area contributed by atoms with Crippen LogP contribution in [-0.4, -0.2) is 17.5 Å². The van der Waals surface area contributed by atoms with Gasteiger partial charge >= 0.3 is 0 Å². The lowest BCUT2D eigenvalue weighted by atomic mass is 10.2. The molecule has 0 fully saturated rings.